The predicted molar refractivity (Wildman–Crippen MR) is 78.9 cm³/mol. The maximum atomic E-state index is 5.67. The number of hydrogen-bond acceptors (Lipinski definition) is 6. The Labute approximate surface area is 116 Å². The predicted octanol–water partition coefficient (Wildman–Crippen LogP) is 3.00. The number of nitrogens with two attached hydrogens (primary N) is 1. The molecular weight excluding hydrogens is 260 g/mol. The van der Waals surface area contributed by atoms with Crippen LogP contribution in [0.25, 0.3) is 0 Å². The molecule has 0 unspecified atom stereocenters. The Morgan fingerprint density at radius 2 is 2.00 bits per heavy atom. The van der Waals surface area contributed by atoms with E-state index in [2.05, 4.69) is 15.3 Å². The van der Waals surface area contributed by atoms with Gasteiger partial charge in [-0.05, 0) is 37.4 Å². The van der Waals surface area contributed by atoms with E-state index >= 15 is 0 Å². The summed E-state index contributed by atoms with van der Waals surface area (Å²) in [6.45, 7) is 2.75. The number of aromatic nitrogens is 2. The van der Waals surface area contributed by atoms with Gasteiger partial charge in [-0.3, -0.25) is 0 Å². The fraction of sp³-hybridized carbons (Fsp3) is 0.231. The summed E-state index contributed by atoms with van der Waals surface area (Å²) in [4.78, 5) is 9.30. The Bertz CT molecular complexity index is 545. The molecule has 0 atom stereocenters. The van der Waals surface area contributed by atoms with Crippen molar-refractivity contribution in [2.45, 2.75) is 11.8 Å². The number of benzene rings is 1. The normalized spacial score (nSPS) is 10.2. The molecular formula is C13H16N4OS. The number of ether oxygens (including phenoxy) is 1. The Morgan fingerprint density at radius 3 is 2.63 bits per heavy atom. The summed E-state index contributed by atoms with van der Waals surface area (Å²) >= 11 is 1.68. The molecule has 6 heteroatoms. The van der Waals surface area contributed by atoms with Crippen LogP contribution >= 0.6 is 11.8 Å². The maximum Gasteiger partial charge on any atom is 0.226 e. The minimum atomic E-state index is 0.189. The zero-order chi connectivity index (χ0) is 13.7. The smallest absolute Gasteiger partial charge is 0.226 e. The molecule has 0 amide bonds. The van der Waals surface area contributed by atoms with Crippen LogP contribution in [-0.4, -0.2) is 22.8 Å². The van der Waals surface area contributed by atoms with E-state index in [0.717, 1.165) is 12.3 Å². The highest BCUT2D eigenvalue weighted by Crippen LogP contribution is 2.24. The second kappa shape index (κ2) is 6.29. The van der Waals surface area contributed by atoms with E-state index in [-0.39, 0.29) is 5.95 Å². The molecule has 100 valence electrons. The van der Waals surface area contributed by atoms with Gasteiger partial charge in [-0.25, -0.2) is 0 Å². The van der Waals surface area contributed by atoms with Crippen molar-refractivity contribution in [1.29, 1.82) is 0 Å². The van der Waals surface area contributed by atoms with E-state index in [9.17, 15) is 0 Å². The van der Waals surface area contributed by atoms with Crippen LogP contribution in [0.3, 0.4) is 0 Å². The van der Waals surface area contributed by atoms with Gasteiger partial charge >= 0.3 is 0 Å². The molecule has 0 bridgehead atoms. The molecule has 1 aromatic heterocycles. The summed E-state index contributed by atoms with van der Waals surface area (Å²) in [5.74, 6) is 2.00. The zero-order valence-electron chi connectivity index (χ0n) is 10.9. The summed E-state index contributed by atoms with van der Waals surface area (Å²) in [5, 5.41) is 3.08. The lowest BCUT2D eigenvalue weighted by Crippen LogP contribution is -2.04. The van der Waals surface area contributed by atoms with Crippen LogP contribution in [0.2, 0.25) is 0 Å². The first-order valence-electron chi connectivity index (χ1n) is 5.91. The molecule has 2 rings (SSSR count). The van der Waals surface area contributed by atoms with E-state index < -0.39 is 0 Å². The highest BCUT2D eigenvalue weighted by molar-refractivity contribution is 7.98. The van der Waals surface area contributed by atoms with Gasteiger partial charge in [0, 0.05) is 17.5 Å². The number of nitrogen functional groups attached to an aromatic ring is 1. The summed E-state index contributed by atoms with van der Waals surface area (Å²) < 4.78 is 5.67. The van der Waals surface area contributed by atoms with Gasteiger partial charge in [0.15, 0.2) is 0 Å². The summed E-state index contributed by atoms with van der Waals surface area (Å²) in [6.07, 6.45) is 2.03. The lowest BCUT2D eigenvalue weighted by atomic mass is 10.3. The molecule has 0 aliphatic rings. The van der Waals surface area contributed by atoms with Crippen LogP contribution < -0.4 is 15.8 Å². The van der Waals surface area contributed by atoms with E-state index in [0.29, 0.717) is 11.7 Å². The van der Waals surface area contributed by atoms with Gasteiger partial charge in [-0.2, -0.15) is 9.97 Å². The van der Waals surface area contributed by atoms with Gasteiger partial charge < -0.3 is 15.8 Å². The number of anilines is 2. The molecule has 0 aliphatic carbocycles. The Balaban J connectivity index is 2.17. The van der Waals surface area contributed by atoms with Gasteiger partial charge in [-0.15, -0.1) is 11.8 Å². The summed E-state index contributed by atoms with van der Waals surface area (Å²) in [7, 11) is 0. The van der Waals surface area contributed by atoms with Crippen molar-refractivity contribution < 1.29 is 4.74 Å². The molecule has 0 fully saturated rings. The molecule has 19 heavy (non-hydrogen) atoms. The molecule has 0 aliphatic heterocycles. The van der Waals surface area contributed by atoms with Gasteiger partial charge in [0.25, 0.3) is 0 Å². The Hall–Kier alpha value is -1.95. The fourth-order valence-electron chi connectivity index (χ4n) is 1.53. The van der Waals surface area contributed by atoms with Crippen LogP contribution in [0.5, 0.6) is 11.6 Å². The van der Waals surface area contributed by atoms with Crippen LogP contribution in [-0.2, 0) is 0 Å². The fourth-order valence-corrected chi connectivity index (χ4v) is 1.94. The van der Waals surface area contributed by atoms with Gasteiger partial charge in [0.05, 0.1) is 0 Å². The highest BCUT2D eigenvalue weighted by Gasteiger charge is 2.04. The number of thioether (sulfide) groups is 1. The number of rotatable bonds is 5. The second-order valence-electron chi connectivity index (χ2n) is 3.76. The largest absolute Gasteiger partial charge is 0.439 e. The maximum absolute atomic E-state index is 5.67. The lowest BCUT2D eigenvalue weighted by Gasteiger charge is -2.08. The Kier molecular flexibility index (Phi) is 4.46. The lowest BCUT2D eigenvalue weighted by molar-refractivity contribution is 0.462. The van der Waals surface area contributed by atoms with E-state index in [1.165, 1.54) is 4.90 Å². The SMILES string of the molecule is CCNc1cc(Oc2ccc(SC)cc2)nc(N)n1. The van der Waals surface area contributed by atoms with Gasteiger partial charge in [0.1, 0.15) is 11.6 Å². The molecule has 2 aromatic rings. The molecule has 0 saturated heterocycles. The monoisotopic (exact) mass is 276 g/mol. The Morgan fingerprint density at radius 1 is 1.26 bits per heavy atom. The van der Waals surface area contributed by atoms with Crippen molar-refractivity contribution in [3.63, 3.8) is 0 Å². The minimum Gasteiger partial charge on any atom is -0.439 e. The van der Waals surface area contributed by atoms with Crippen molar-refractivity contribution in [2.75, 3.05) is 23.9 Å². The number of nitrogens with zero attached hydrogens (tertiary/aromatic N) is 2. The third kappa shape index (κ3) is 3.75. The number of nitrogens with one attached hydrogen (secondary N) is 1. The summed E-state index contributed by atoms with van der Waals surface area (Å²) in [6, 6.07) is 9.52. The van der Waals surface area contributed by atoms with Crippen molar-refractivity contribution in [3.05, 3.63) is 30.3 Å². The summed E-state index contributed by atoms with van der Waals surface area (Å²) in [5.41, 5.74) is 5.64. The van der Waals surface area contributed by atoms with Crippen LogP contribution in [0.1, 0.15) is 6.92 Å². The van der Waals surface area contributed by atoms with Crippen LogP contribution in [0.4, 0.5) is 11.8 Å². The van der Waals surface area contributed by atoms with Crippen molar-refractivity contribution in [3.8, 4) is 11.6 Å². The quantitative estimate of drug-likeness (QED) is 0.818. The van der Waals surface area contributed by atoms with Gasteiger partial charge in [-0.1, -0.05) is 0 Å². The van der Waals surface area contributed by atoms with E-state index in [1.54, 1.807) is 17.8 Å². The number of hydrogen-bond donors (Lipinski definition) is 2. The first-order chi connectivity index (χ1) is 9.21. The average molecular weight is 276 g/mol. The van der Waals surface area contributed by atoms with Crippen LogP contribution in [0.15, 0.2) is 35.2 Å². The minimum absolute atomic E-state index is 0.189. The first-order valence-corrected chi connectivity index (χ1v) is 7.14. The van der Waals surface area contributed by atoms with Gasteiger partial charge in [0.2, 0.25) is 11.8 Å². The standard InChI is InChI=1S/C13H16N4OS/c1-3-15-11-8-12(17-13(14)16-11)18-9-4-6-10(19-2)7-5-9/h4-8H,3H2,1-2H3,(H3,14,15,16,17). The van der Waals surface area contributed by atoms with E-state index in [4.69, 9.17) is 10.5 Å². The molecule has 3 N–H and O–H groups in total. The van der Waals surface area contributed by atoms with Crippen molar-refractivity contribution >= 4 is 23.5 Å². The highest BCUT2D eigenvalue weighted by atomic mass is 32.2. The first kappa shape index (κ1) is 13.5. The second-order valence-corrected chi connectivity index (χ2v) is 4.64. The zero-order valence-corrected chi connectivity index (χ0v) is 11.7. The van der Waals surface area contributed by atoms with Crippen molar-refractivity contribution in [1.82, 2.24) is 9.97 Å². The average Bonchev–Trinajstić information content (AvgIpc) is 2.39. The molecule has 0 spiro atoms. The molecule has 0 radical (unpaired) electrons. The molecule has 0 saturated carbocycles. The van der Waals surface area contributed by atoms with Crippen LogP contribution in [0, 0.1) is 0 Å². The molecule has 5 nitrogen and oxygen atoms in total. The third-order valence-corrected chi connectivity index (χ3v) is 3.10. The third-order valence-electron chi connectivity index (χ3n) is 2.36. The van der Waals surface area contributed by atoms with E-state index in [1.807, 2.05) is 37.4 Å². The topological polar surface area (TPSA) is 73.1 Å². The molecule has 1 heterocycles. The van der Waals surface area contributed by atoms with Crippen molar-refractivity contribution in [2.24, 2.45) is 0 Å². The molecule has 1 aromatic carbocycles.